The number of rotatable bonds is 5. The van der Waals surface area contributed by atoms with E-state index in [1.165, 1.54) is 0 Å². The third kappa shape index (κ3) is 5.50. The molecule has 0 unspecified atom stereocenters. The molecule has 16 heavy (non-hydrogen) atoms. The molecule has 1 rings (SSSR count). The van der Waals surface area contributed by atoms with E-state index in [1.807, 2.05) is 18.2 Å². The minimum absolute atomic E-state index is 0.0238. The maximum atomic E-state index is 11.1. The monoisotopic (exact) mass is 244 g/mol. The Balaban J connectivity index is 2.29. The van der Waals surface area contributed by atoms with E-state index >= 15 is 0 Å². The van der Waals surface area contributed by atoms with Crippen molar-refractivity contribution in [2.24, 2.45) is 0 Å². The lowest BCUT2D eigenvalue weighted by molar-refractivity contribution is -0.119. The maximum absolute atomic E-state index is 11.1. The third-order valence-electron chi connectivity index (χ3n) is 1.71. The van der Waals surface area contributed by atoms with Crippen molar-refractivity contribution in [3.63, 3.8) is 0 Å². The van der Waals surface area contributed by atoms with Gasteiger partial charge in [-0.05, 0) is 12.1 Å². The maximum Gasteiger partial charge on any atom is 0.344 e. The third-order valence-corrected chi connectivity index (χ3v) is 2.28. The first-order valence-electron chi connectivity index (χ1n) is 4.57. The summed E-state index contributed by atoms with van der Waals surface area (Å²) in [5, 5.41) is 4.94. The van der Waals surface area contributed by atoms with E-state index in [0.717, 1.165) is 5.69 Å². The SMILES string of the molecule is O=C(CNc1ccccc1)NCP(=O)(O)O. The Morgan fingerprint density at radius 1 is 1.25 bits per heavy atom. The average Bonchev–Trinajstić information content (AvgIpc) is 2.24. The van der Waals surface area contributed by atoms with Gasteiger partial charge in [-0.2, -0.15) is 0 Å². The molecule has 0 heterocycles. The second-order valence-corrected chi connectivity index (χ2v) is 4.79. The lowest BCUT2D eigenvalue weighted by Gasteiger charge is -2.08. The first-order valence-corrected chi connectivity index (χ1v) is 6.37. The summed E-state index contributed by atoms with van der Waals surface area (Å²) in [6.07, 6.45) is -0.637. The van der Waals surface area contributed by atoms with Crippen LogP contribution in [0, 0.1) is 0 Å². The number of amides is 1. The van der Waals surface area contributed by atoms with Crippen molar-refractivity contribution in [3.05, 3.63) is 30.3 Å². The molecule has 0 aliphatic heterocycles. The predicted molar refractivity (Wildman–Crippen MR) is 60.0 cm³/mol. The highest BCUT2D eigenvalue weighted by atomic mass is 31.2. The van der Waals surface area contributed by atoms with E-state index < -0.39 is 19.8 Å². The summed E-state index contributed by atoms with van der Waals surface area (Å²) in [6, 6.07) is 9.05. The van der Waals surface area contributed by atoms with Crippen LogP contribution in [0.4, 0.5) is 5.69 Å². The molecule has 0 saturated carbocycles. The molecule has 0 aliphatic rings. The normalized spacial score (nSPS) is 10.9. The quantitative estimate of drug-likeness (QED) is 0.560. The summed E-state index contributed by atoms with van der Waals surface area (Å²) in [7, 11) is -4.17. The van der Waals surface area contributed by atoms with Gasteiger partial charge in [0.25, 0.3) is 0 Å². The van der Waals surface area contributed by atoms with Gasteiger partial charge in [-0.3, -0.25) is 9.36 Å². The molecule has 0 fully saturated rings. The molecule has 0 atom stereocenters. The highest BCUT2D eigenvalue weighted by Crippen LogP contribution is 2.31. The van der Waals surface area contributed by atoms with Crippen molar-refractivity contribution in [1.29, 1.82) is 0 Å². The standard InChI is InChI=1S/C9H13N2O4P/c12-9(11-7-16(13,14)15)6-10-8-4-2-1-3-5-8/h1-5,10H,6-7H2,(H,11,12)(H2,13,14,15). The Kier molecular flexibility index (Phi) is 4.49. The Morgan fingerprint density at radius 2 is 1.88 bits per heavy atom. The molecular formula is C9H13N2O4P. The smallest absolute Gasteiger partial charge is 0.344 e. The van der Waals surface area contributed by atoms with Gasteiger partial charge >= 0.3 is 7.60 Å². The van der Waals surface area contributed by atoms with Crippen LogP contribution >= 0.6 is 7.60 Å². The van der Waals surface area contributed by atoms with Crippen LogP contribution in [0.3, 0.4) is 0 Å². The van der Waals surface area contributed by atoms with Crippen LogP contribution in [0.5, 0.6) is 0 Å². The lowest BCUT2D eigenvalue weighted by atomic mass is 10.3. The Hall–Kier alpha value is -1.36. The van der Waals surface area contributed by atoms with Crippen molar-refractivity contribution in [2.75, 3.05) is 18.1 Å². The fraction of sp³-hybridized carbons (Fsp3) is 0.222. The van der Waals surface area contributed by atoms with E-state index in [2.05, 4.69) is 10.6 Å². The summed E-state index contributed by atoms with van der Waals surface area (Å²) < 4.78 is 10.5. The van der Waals surface area contributed by atoms with Gasteiger partial charge in [0.2, 0.25) is 5.91 Å². The van der Waals surface area contributed by atoms with Gasteiger partial charge in [-0.25, -0.2) is 0 Å². The zero-order valence-electron chi connectivity index (χ0n) is 8.46. The molecule has 0 aliphatic carbocycles. The number of hydrogen-bond donors (Lipinski definition) is 4. The summed E-state index contributed by atoms with van der Waals surface area (Å²) in [5.74, 6) is -0.466. The number of para-hydroxylation sites is 1. The van der Waals surface area contributed by atoms with Gasteiger partial charge < -0.3 is 20.4 Å². The molecule has 6 nitrogen and oxygen atoms in total. The first-order chi connectivity index (χ1) is 7.47. The second-order valence-electron chi connectivity index (χ2n) is 3.14. The largest absolute Gasteiger partial charge is 0.376 e. The molecule has 1 amide bonds. The van der Waals surface area contributed by atoms with Crippen molar-refractivity contribution in [1.82, 2.24) is 5.32 Å². The van der Waals surface area contributed by atoms with Gasteiger partial charge in [-0.1, -0.05) is 18.2 Å². The minimum Gasteiger partial charge on any atom is -0.376 e. The molecule has 0 aromatic heterocycles. The zero-order chi connectivity index (χ0) is 12.0. The van der Waals surface area contributed by atoms with Crippen LogP contribution in [-0.2, 0) is 9.36 Å². The lowest BCUT2D eigenvalue weighted by Crippen LogP contribution is -2.30. The van der Waals surface area contributed by atoms with Crippen molar-refractivity contribution >= 4 is 19.2 Å². The van der Waals surface area contributed by atoms with E-state index in [-0.39, 0.29) is 6.54 Å². The minimum atomic E-state index is -4.17. The van der Waals surface area contributed by atoms with Gasteiger partial charge in [0, 0.05) is 5.69 Å². The van der Waals surface area contributed by atoms with Crippen molar-refractivity contribution in [2.45, 2.75) is 0 Å². The van der Waals surface area contributed by atoms with E-state index in [4.69, 9.17) is 9.79 Å². The molecule has 7 heteroatoms. The Morgan fingerprint density at radius 3 is 2.44 bits per heavy atom. The number of anilines is 1. The molecule has 88 valence electrons. The fourth-order valence-corrected chi connectivity index (χ4v) is 1.37. The topological polar surface area (TPSA) is 98.7 Å². The van der Waals surface area contributed by atoms with Crippen LogP contribution in [0.1, 0.15) is 0 Å². The van der Waals surface area contributed by atoms with Gasteiger partial charge in [-0.15, -0.1) is 0 Å². The van der Waals surface area contributed by atoms with Gasteiger partial charge in [0.15, 0.2) is 0 Å². The molecule has 1 aromatic carbocycles. The number of nitrogens with one attached hydrogen (secondary N) is 2. The summed E-state index contributed by atoms with van der Waals surface area (Å²) >= 11 is 0. The van der Waals surface area contributed by atoms with Crippen LogP contribution in [-0.4, -0.2) is 28.5 Å². The molecule has 1 aromatic rings. The molecule has 0 bridgehead atoms. The highest BCUT2D eigenvalue weighted by Gasteiger charge is 2.13. The van der Waals surface area contributed by atoms with E-state index in [1.54, 1.807) is 12.1 Å². The second kappa shape index (κ2) is 5.65. The number of benzene rings is 1. The first kappa shape index (κ1) is 12.7. The Labute approximate surface area is 92.8 Å². The fourth-order valence-electron chi connectivity index (χ4n) is 0.992. The highest BCUT2D eigenvalue weighted by molar-refractivity contribution is 7.51. The van der Waals surface area contributed by atoms with Crippen LogP contribution in [0.2, 0.25) is 0 Å². The zero-order valence-corrected chi connectivity index (χ0v) is 9.35. The van der Waals surface area contributed by atoms with Crippen LogP contribution in [0.25, 0.3) is 0 Å². The predicted octanol–water partition coefficient (Wildman–Crippen LogP) is 0.350. The number of carbonyl (C=O) groups is 1. The Bertz CT molecular complexity index is 390. The van der Waals surface area contributed by atoms with Crippen molar-refractivity contribution < 1.29 is 19.1 Å². The molecule has 0 radical (unpaired) electrons. The van der Waals surface area contributed by atoms with Crippen LogP contribution < -0.4 is 10.6 Å². The van der Waals surface area contributed by atoms with Crippen LogP contribution in [0.15, 0.2) is 30.3 Å². The summed E-state index contributed by atoms with van der Waals surface area (Å²) in [6.45, 7) is -0.0238. The van der Waals surface area contributed by atoms with E-state index in [0.29, 0.717) is 0 Å². The molecular weight excluding hydrogens is 231 g/mol. The summed E-state index contributed by atoms with van der Waals surface area (Å²) in [5.41, 5.74) is 0.772. The summed E-state index contributed by atoms with van der Waals surface area (Å²) in [4.78, 5) is 28.2. The van der Waals surface area contributed by atoms with E-state index in [9.17, 15) is 9.36 Å². The molecule has 0 spiro atoms. The van der Waals surface area contributed by atoms with Gasteiger partial charge in [0.1, 0.15) is 6.29 Å². The average molecular weight is 244 g/mol. The van der Waals surface area contributed by atoms with Crippen molar-refractivity contribution in [3.8, 4) is 0 Å². The number of carbonyl (C=O) groups excluding carboxylic acids is 1. The number of hydrogen-bond acceptors (Lipinski definition) is 3. The molecule has 4 N–H and O–H groups in total. The molecule has 0 saturated heterocycles. The van der Waals surface area contributed by atoms with Gasteiger partial charge in [0.05, 0.1) is 6.54 Å².